The molecule has 0 spiro atoms. The summed E-state index contributed by atoms with van der Waals surface area (Å²) in [4.78, 5) is 53.1. The zero-order valence-corrected chi connectivity index (χ0v) is 21.2. The van der Waals surface area contributed by atoms with Crippen LogP contribution in [0.25, 0.3) is 10.8 Å². The SMILES string of the molecule is O=C1c2cccc(O)c2C(=O)c2c(O)cc(/C=N/Nc3ccc4c5c(cccc35)C(=O)N(C(CO)CO)C4=O)cc21. The van der Waals surface area contributed by atoms with Crippen molar-refractivity contribution in [3.05, 3.63) is 99.6 Å². The number of hydrogen-bond acceptors (Lipinski definition) is 10. The maximum atomic E-state index is 13.1. The van der Waals surface area contributed by atoms with Crippen LogP contribution in [0.15, 0.2) is 65.8 Å². The molecule has 1 heterocycles. The second-order valence-corrected chi connectivity index (χ2v) is 9.58. The molecule has 1 aliphatic heterocycles. The van der Waals surface area contributed by atoms with Crippen molar-refractivity contribution in [2.75, 3.05) is 18.6 Å². The van der Waals surface area contributed by atoms with Crippen molar-refractivity contribution in [3.63, 3.8) is 0 Å². The van der Waals surface area contributed by atoms with Gasteiger partial charge in [0.2, 0.25) is 5.78 Å². The molecule has 0 atom stereocenters. The molecule has 41 heavy (non-hydrogen) atoms. The molecule has 0 fully saturated rings. The third-order valence-electron chi connectivity index (χ3n) is 7.25. The predicted octanol–water partition coefficient (Wildman–Crippen LogP) is 2.42. The lowest BCUT2D eigenvalue weighted by atomic mass is 9.82. The van der Waals surface area contributed by atoms with Crippen LogP contribution in [0.3, 0.4) is 0 Å². The number of aliphatic hydroxyl groups is 2. The summed E-state index contributed by atoms with van der Waals surface area (Å²) in [5.41, 5.74) is 3.71. The Bertz CT molecular complexity index is 1840. The molecule has 2 aliphatic rings. The molecule has 0 unspecified atom stereocenters. The Balaban J connectivity index is 1.33. The minimum atomic E-state index is -1.07. The number of phenols is 2. The fourth-order valence-electron chi connectivity index (χ4n) is 5.32. The molecule has 0 saturated heterocycles. The van der Waals surface area contributed by atoms with Gasteiger partial charge in [-0.3, -0.25) is 29.5 Å². The fourth-order valence-corrected chi connectivity index (χ4v) is 5.32. The van der Waals surface area contributed by atoms with E-state index in [1.54, 1.807) is 24.3 Å². The number of hydrogen-bond donors (Lipinski definition) is 5. The van der Waals surface area contributed by atoms with Gasteiger partial charge in [-0.25, -0.2) is 0 Å². The van der Waals surface area contributed by atoms with E-state index in [1.165, 1.54) is 42.6 Å². The van der Waals surface area contributed by atoms with Crippen LogP contribution in [-0.2, 0) is 0 Å². The van der Waals surface area contributed by atoms with Gasteiger partial charge >= 0.3 is 0 Å². The van der Waals surface area contributed by atoms with Crippen molar-refractivity contribution < 1.29 is 39.6 Å². The van der Waals surface area contributed by atoms with Gasteiger partial charge in [0.1, 0.15) is 11.5 Å². The largest absolute Gasteiger partial charge is 0.507 e. The number of aliphatic hydroxyl groups excluding tert-OH is 2. The van der Waals surface area contributed by atoms with E-state index in [0.717, 1.165) is 4.90 Å². The summed E-state index contributed by atoms with van der Waals surface area (Å²) in [6, 6.07) is 13.8. The number of aromatic hydroxyl groups is 2. The first kappa shape index (κ1) is 25.9. The summed E-state index contributed by atoms with van der Waals surface area (Å²) < 4.78 is 0. The van der Waals surface area contributed by atoms with Crippen LogP contribution >= 0.6 is 0 Å². The fraction of sp³-hybridized carbons (Fsp3) is 0.100. The van der Waals surface area contributed by atoms with E-state index < -0.39 is 48.4 Å². The minimum Gasteiger partial charge on any atom is -0.507 e. The summed E-state index contributed by atoms with van der Waals surface area (Å²) in [5.74, 6) is -3.26. The van der Waals surface area contributed by atoms with Gasteiger partial charge < -0.3 is 20.4 Å². The summed E-state index contributed by atoms with van der Waals surface area (Å²) in [6.07, 6.45) is 1.33. The van der Waals surface area contributed by atoms with Crippen LogP contribution in [0.1, 0.15) is 58.1 Å². The number of imide groups is 1. The molecule has 1 aliphatic carbocycles. The van der Waals surface area contributed by atoms with Gasteiger partial charge in [-0.05, 0) is 42.0 Å². The number of amides is 2. The number of ketones is 2. The molecule has 204 valence electrons. The Kier molecular flexibility index (Phi) is 6.10. The molecule has 2 amide bonds. The maximum absolute atomic E-state index is 13.1. The minimum absolute atomic E-state index is 0.0261. The predicted molar refractivity (Wildman–Crippen MR) is 147 cm³/mol. The monoisotopic (exact) mass is 551 g/mol. The Hall–Kier alpha value is -5.39. The zero-order valence-electron chi connectivity index (χ0n) is 21.2. The van der Waals surface area contributed by atoms with Crippen LogP contribution < -0.4 is 5.43 Å². The molecule has 4 aromatic carbocycles. The van der Waals surface area contributed by atoms with Gasteiger partial charge in [-0.1, -0.05) is 24.3 Å². The van der Waals surface area contributed by atoms with E-state index in [9.17, 15) is 39.6 Å². The Morgan fingerprint density at radius 3 is 2.15 bits per heavy atom. The number of phenolic OH excluding ortho intramolecular Hbond substituents is 2. The number of nitrogens with zero attached hydrogens (tertiary/aromatic N) is 2. The van der Waals surface area contributed by atoms with E-state index in [4.69, 9.17) is 0 Å². The van der Waals surface area contributed by atoms with Gasteiger partial charge in [0.05, 0.1) is 42.3 Å². The number of anilines is 1. The van der Waals surface area contributed by atoms with E-state index in [0.29, 0.717) is 22.0 Å². The van der Waals surface area contributed by atoms with Crippen molar-refractivity contribution in [1.29, 1.82) is 0 Å². The van der Waals surface area contributed by atoms with Crippen molar-refractivity contribution in [2.24, 2.45) is 5.10 Å². The molecule has 11 heteroatoms. The number of rotatable bonds is 6. The first-order chi connectivity index (χ1) is 19.8. The van der Waals surface area contributed by atoms with Crippen LogP contribution in [0.2, 0.25) is 0 Å². The quantitative estimate of drug-likeness (QED) is 0.120. The lowest BCUT2D eigenvalue weighted by molar-refractivity contribution is 0.0375. The second-order valence-electron chi connectivity index (χ2n) is 9.58. The number of carbonyl (C=O) groups is 4. The lowest BCUT2D eigenvalue weighted by Crippen LogP contribution is -2.50. The lowest BCUT2D eigenvalue weighted by Gasteiger charge is -2.32. The van der Waals surface area contributed by atoms with Crippen LogP contribution in [-0.4, -0.2) is 74.2 Å². The van der Waals surface area contributed by atoms with Crippen LogP contribution in [0.5, 0.6) is 11.5 Å². The molecule has 0 saturated carbocycles. The summed E-state index contributed by atoms with van der Waals surface area (Å²) >= 11 is 0. The molecular weight excluding hydrogens is 530 g/mol. The van der Waals surface area contributed by atoms with Gasteiger partial charge in [0.25, 0.3) is 11.8 Å². The number of hydrazone groups is 1. The number of benzene rings is 4. The van der Waals surface area contributed by atoms with Gasteiger partial charge in [-0.2, -0.15) is 5.10 Å². The Morgan fingerprint density at radius 1 is 0.756 bits per heavy atom. The summed E-state index contributed by atoms with van der Waals surface area (Å²) in [6.45, 7) is -1.17. The van der Waals surface area contributed by atoms with Gasteiger partial charge in [0, 0.05) is 33.0 Å². The topological polar surface area (TPSA) is 177 Å². The summed E-state index contributed by atoms with van der Waals surface area (Å²) in [7, 11) is 0. The molecular formula is C30H21N3O8. The van der Waals surface area contributed by atoms with Crippen molar-refractivity contribution in [1.82, 2.24) is 4.90 Å². The third-order valence-corrected chi connectivity index (χ3v) is 7.25. The number of nitrogens with one attached hydrogen (secondary N) is 1. The second kappa shape index (κ2) is 9.66. The first-order valence-corrected chi connectivity index (χ1v) is 12.5. The normalized spacial score (nSPS) is 14.3. The van der Waals surface area contributed by atoms with Crippen molar-refractivity contribution >= 4 is 46.1 Å². The smallest absolute Gasteiger partial charge is 0.261 e. The van der Waals surface area contributed by atoms with Gasteiger partial charge in [0.15, 0.2) is 5.78 Å². The highest BCUT2D eigenvalue weighted by Crippen LogP contribution is 2.38. The van der Waals surface area contributed by atoms with Gasteiger partial charge in [-0.15, -0.1) is 0 Å². The number of fused-ring (bicyclic) bond motifs is 2. The highest BCUT2D eigenvalue weighted by molar-refractivity contribution is 6.30. The third kappa shape index (κ3) is 3.86. The van der Waals surface area contributed by atoms with Crippen LogP contribution in [0, 0.1) is 0 Å². The van der Waals surface area contributed by atoms with E-state index >= 15 is 0 Å². The molecule has 4 aromatic rings. The van der Waals surface area contributed by atoms with Crippen molar-refractivity contribution in [2.45, 2.75) is 6.04 Å². The molecule has 5 N–H and O–H groups in total. The molecule has 11 nitrogen and oxygen atoms in total. The number of carbonyl (C=O) groups excluding carboxylic acids is 4. The standard InChI is InChI=1S/C30H21N3O8/c34-12-15(13-35)33-29(40)18-5-1-3-16-21(8-7-19(24(16)18)30(33)41)32-31-11-14-9-20-26(23(37)10-14)28(39)25-17(27(20)38)4-2-6-22(25)36/h1-11,15,32,34-37H,12-13H2/b31-11+. The van der Waals surface area contributed by atoms with E-state index in [1.807, 2.05) is 0 Å². The van der Waals surface area contributed by atoms with E-state index in [-0.39, 0.29) is 39.1 Å². The van der Waals surface area contributed by atoms with Crippen LogP contribution in [0.4, 0.5) is 5.69 Å². The zero-order chi connectivity index (χ0) is 29.0. The van der Waals surface area contributed by atoms with Crippen molar-refractivity contribution in [3.8, 4) is 11.5 Å². The average Bonchev–Trinajstić information content (AvgIpc) is 2.96. The maximum Gasteiger partial charge on any atom is 0.261 e. The Labute approximate surface area is 231 Å². The average molecular weight is 552 g/mol. The highest BCUT2D eigenvalue weighted by atomic mass is 16.3. The summed E-state index contributed by atoms with van der Waals surface area (Å²) in [5, 5.41) is 45.0. The highest BCUT2D eigenvalue weighted by Gasteiger charge is 2.37. The molecule has 0 bridgehead atoms. The van der Waals surface area contributed by atoms with E-state index in [2.05, 4.69) is 10.5 Å². The molecule has 0 radical (unpaired) electrons. The first-order valence-electron chi connectivity index (χ1n) is 12.5. The Morgan fingerprint density at radius 2 is 1.41 bits per heavy atom. The molecule has 6 rings (SSSR count). The molecule has 0 aromatic heterocycles.